The van der Waals surface area contributed by atoms with Crippen molar-refractivity contribution in [1.82, 2.24) is 4.57 Å². The van der Waals surface area contributed by atoms with Crippen LogP contribution in [0.3, 0.4) is 0 Å². The molecule has 0 aliphatic heterocycles. The Hall–Kier alpha value is -3.44. The van der Waals surface area contributed by atoms with Crippen LogP contribution in [0.2, 0.25) is 0 Å². The number of nitriles is 1. The second kappa shape index (κ2) is 9.48. The Morgan fingerprint density at radius 2 is 2.00 bits per heavy atom. The molecule has 0 fully saturated rings. The summed E-state index contributed by atoms with van der Waals surface area (Å²) in [5.74, 6) is -0.748. The summed E-state index contributed by atoms with van der Waals surface area (Å²) in [4.78, 5) is 22.4. The molecule has 0 radical (unpaired) electrons. The first-order valence-electron chi connectivity index (χ1n) is 8.55. The summed E-state index contributed by atoms with van der Waals surface area (Å²) in [6.45, 7) is 5.00. The molecule has 0 unspecified atom stereocenters. The van der Waals surface area contributed by atoms with Crippen LogP contribution in [0.15, 0.2) is 35.9 Å². The van der Waals surface area contributed by atoms with Crippen molar-refractivity contribution in [2.24, 2.45) is 0 Å². The topological polar surface area (TPSA) is 107 Å². The highest BCUT2D eigenvalue weighted by molar-refractivity contribution is 5.98. The van der Waals surface area contributed by atoms with Gasteiger partial charge in [0.25, 0.3) is 5.69 Å². The van der Waals surface area contributed by atoms with Crippen LogP contribution in [-0.4, -0.2) is 29.2 Å². The zero-order chi connectivity index (χ0) is 20.7. The second-order valence-electron chi connectivity index (χ2n) is 6.14. The highest BCUT2D eigenvalue weighted by Gasteiger charge is 2.14. The van der Waals surface area contributed by atoms with Gasteiger partial charge in [-0.3, -0.25) is 10.1 Å². The van der Waals surface area contributed by atoms with Crippen molar-refractivity contribution < 1.29 is 19.2 Å². The van der Waals surface area contributed by atoms with Gasteiger partial charge in [-0.15, -0.1) is 0 Å². The number of nitro groups is 1. The molecule has 2 rings (SSSR count). The maximum Gasteiger partial charge on any atom is 0.349 e. The van der Waals surface area contributed by atoms with Crippen molar-refractivity contribution in [1.29, 1.82) is 5.26 Å². The Labute approximate surface area is 162 Å². The SMILES string of the molecule is COCCn1c(C)cc(/C=C(/C#N)C(=O)OCc2ccc([N+](=O)[O-])cc2)c1C. The Balaban J connectivity index is 2.11. The van der Waals surface area contributed by atoms with Crippen LogP contribution in [0.5, 0.6) is 0 Å². The number of ether oxygens (including phenoxy) is 2. The molecule has 0 aliphatic carbocycles. The van der Waals surface area contributed by atoms with Gasteiger partial charge in [0.1, 0.15) is 18.2 Å². The molecule has 28 heavy (non-hydrogen) atoms. The van der Waals surface area contributed by atoms with E-state index in [1.54, 1.807) is 7.11 Å². The third kappa shape index (κ3) is 5.05. The second-order valence-corrected chi connectivity index (χ2v) is 6.14. The van der Waals surface area contributed by atoms with E-state index < -0.39 is 10.9 Å². The Bertz CT molecular complexity index is 936. The largest absolute Gasteiger partial charge is 0.457 e. The van der Waals surface area contributed by atoms with Crippen LogP contribution in [0.4, 0.5) is 5.69 Å². The molecule has 8 heteroatoms. The molecule has 0 saturated carbocycles. The number of non-ortho nitro benzene ring substituents is 1. The summed E-state index contributed by atoms with van der Waals surface area (Å²) in [7, 11) is 1.63. The van der Waals surface area contributed by atoms with Crippen molar-refractivity contribution >= 4 is 17.7 Å². The Morgan fingerprint density at radius 3 is 2.57 bits per heavy atom. The monoisotopic (exact) mass is 383 g/mol. The van der Waals surface area contributed by atoms with Gasteiger partial charge in [-0.05, 0) is 49.2 Å². The number of rotatable bonds is 8. The number of hydrogen-bond donors (Lipinski definition) is 0. The molecule has 0 N–H and O–H groups in total. The predicted octanol–water partition coefficient (Wildman–Crippen LogP) is 3.31. The number of benzene rings is 1. The third-order valence-electron chi connectivity index (χ3n) is 4.29. The van der Waals surface area contributed by atoms with Crippen LogP contribution in [0, 0.1) is 35.3 Å². The van der Waals surface area contributed by atoms with Gasteiger partial charge in [0, 0.05) is 37.2 Å². The molecule has 0 aliphatic rings. The number of aryl methyl sites for hydroxylation is 1. The molecule has 146 valence electrons. The van der Waals surface area contributed by atoms with Gasteiger partial charge >= 0.3 is 5.97 Å². The molecule has 0 atom stereocenters. The Kier molecular flexibility index (Phi) is 7.07. The van der Waals surface area contributed by atoms with Crippen LogP contribution in [0.25, 0.3) is 6.08 Å². The summed E-state index contributed by atoms with van der Waals surface area (Å²) in [6.07, 6.45) is 1.50. The van der Waals surface area contributed by atoms with E-state index >= 15 is 0 Å². The lowest BCUT2D eigenvalue weighted by molar-refractivity contribution is -0.384. The smallest absolute Gasteiger partial charge is 0.349 e. The molecule has 0 bridgehead atoms. The minimum absolute atomic E-state index is 0.0449. The summed E-state index contributed by atoms with van der Waals surface area (Å²) in [5.41, 5.74) is 3.11. The van der Waals surface area contributed by atoms with Gasteiger partial charge in [0.05, 0.1) is 11.5 Å². The van der Waals surface area contributed by atoms with E-state index in [1.807, 2.05) is 30.6 Å². The van der Waals surface area contributed by atoms with Crippen molar-refractivity contribution in [2.45, 2.75) is 27.0 Å². The van der Waals surface area contributed by atoms with Gasteiger partial charge in [-0.2, -0.15) is 5.26 Å². The van der Waals surface area contributed by atoms with Gasteiger partial charge in [0.2, 0.25) is 0 Å². The quantitative estimate of drug-likeness (QED) is 0.227. The number of carbonyl (C=O) groups excluding carboxylic acids is 1. The summed E-state index contributed by atoms with van der Waals surface area (Å²) >= 11 is 0. The average molecular weight is 383 g/mol. The van der Waals surface area contributed by atoms with E-state index in [0.29, 0.717) is 18.7 Å². The molecular formula is C20H21N3O5. The minimum atomic E-state index is -0.748. The summed E-state index contributed by atoms with van der Waals surface area (Å²) < 4.78 is 12.3. The van der Waals surface area contributed by atoms with E-state index in [0.717, 1.165) is 17.0 Å². The maximum atomic E-state index is 12.3. The number of hydrogen-bond acceptors (Lipinski definition) is 6. The lowest BCUT2D eigenvalue weighted by atomic mass is 10.1. The number of esters is 1. The standard InChI is InChI=1S/C20H21N3O5/c1-14-10-17(15(2)22(14)8-9-27-3)11-18(12-21)20(24)28-13-16-4-6-19(7-5-16)23(25)26/h4-7,10-11H,8-9,13H2,1-3H3/b18-11-. The minimum Gasteiger partial charge on any atom is -0.457 e. The lowest BCUT2D eigenvalue weighted by Gasteiger charge is -2.08. The average Bonchev–Trinajstić information content (AvgIpc) is 2.95. The Morgan fingerprint density at radius 1 is 1.32 bits per heavy atom. The first-order chi connectivity index (χ1) is 13.4. The van der Waals surface area contributed by atoms with Gasteiger partial charge in [-0.1, -0.05) is 0 Å². The number of nitro benzene ring substituents is 1. The van der Waals surface area contributed by atoms with E-state index in [9.17, 15) is 20.2 Å². The number of aromatic nitrogens is 1. The summed E-state index contributed by atoms with van der Waals surface area (Å²) in [6, 6.07) is 9.44. The van der Waals surface area contributed by atoms with Crippen molar-refractivity contribution in [2.75, 3.05) is 13.7 Å². The zero-order valence-electron chi connectivity index (χ0n) is 16.0. The van der Waals surface area contributed by atoms with Crippen LogP contribution < -0.4 is 0 Å². The van der Waals surface area contributed by atoms with Crippen LogP contribution >= 0.6 is 0 Å². The summed E-state index contributed by atoms with van der Waals surface area (Å²) in [5, 5.41) is 20.0. The van der Waals surface area contributed by atoms with Gasteiger partial charge in [-0.25, -0.2) is 4.79 Å². The lowest BCUT2D eigenvalue weighted by Crippen LogP contribution is -2.08. The predicted molar refractivity (Wildman–Crippen MR) is 102 cm³/mol. The van der Waals surface area contributed by atoms with Gasteiger partial charge < -0.3 is 14.0 Å². The van der Waals surface area contributed by atoms with E-state index in [1.165, 1.54) is 30.3 Å². The number of methoxy groups -OCH3 is 1. The molecule has 0 spiro atoms. The van der Waals surface area contributed by atoms with E-state index in [-0.39, 0.29) is 17.9 Å². The van der Waals surface area contributed by atoms with Crippen LogP contribution in [0.1, 0.15) is 22.5 Å². The highest BCUT2D eigenvalue weighted by Crippen LogP contribution is 2.19. The molecule has 1 heterocycles. The normalized spacial score (nSPS) is 11.1. The van der Waals surface area contributed by atoms with Crippen molar-refractivity contribution in [3.63, 3.8) is 0 Å². The van der Waals surface area contributed by atoms with E-state index in [4.69, 9.17) is 9.47 Å². The van der Waals surface area contributed by atoms with E-state index in [2.05, 4.69) is 0 Å². The maximum absolute atomic E-state index is 12.3. The number of nitrogens with zero attached hydrogens (tertiary/aromatic N) is 3. The fourth-order valence-corrected chi connectivity index (χ4v) is 2.73. The molecule has 1 aromatic heterocycles. The van der Waals surface area contributed by atoms with Crippen molar-refractivity contribution in [3.05, 3.63) is 68.5 Å². The molecule has 0 saturated heterocycles. The molecule has 1 aromatic carbocycles. The molecule has 2 aromatic rings. The molecule has 8 nitrogen and oxygen atoms in total. The first kappa shape index (κ1) is 20.9. The van der Waals surface area contributed by atoms with Crippen LogP contribution in [-0.2, 0) is 27.4 Å². The number of carbonyl (C=O) groups is 1. The molecule has 0 amide bonds. The zero-order valence-corrected chi connectivity index (χ0v) is 16.0. The third-order valence-corrected chi connectivity index (χ3v) is 4.29. The highest BCUT2D eigenvalue weighted by atomic mass is 16.6. The first-order valence-corrected chi connectivity index (χ1v) is 8.55. The molecular weight excluding hydrogens is 362 g/mol. The van der Waals surface area contributed by atoms with Crippen molar-refractivity contribution in [3.8, 4) is 6.07 Å². The van der Waals surface area contributed by atoms with Gasteiger partial charge in [0.15, 0.2) is 0 Å². The fraction of sp³-hybridized carbons (Fsp3) is 0.300. The fourth-order valence-electron chi connectivity index (χ4n) is 2.73.